The summed E-state index contributed by atoms with van der Waals surface area (Å²) in [5, 5.41) is 5.57. The highest BCUT2D eigenvalue weighted by Crippen LogP contribution is 2.37. The smallest absolute Gasteiger partial charge is 0.292 e. The van der Waals surface area contributed by atoms with E-state index in [1.54, 1.807) is 10.7 Å². The van der Waals surface area contributed by atoms with E-state index in [4.69, 9.17) is 0 Å². The first-order valence-electron chi connectivity index (χ1n) is 7.92. The van der Waals surface area contributed by atoms with Gasteiger partial charge in [0.1, 0.15) is 5.69 Å². The summed E-state index contributed by atoms with van der Waals surface area (Å²) < 4.78 is 39.8. The van der Waals surface area contributed by atoms with Gasteiger partial charge in [0, 0.05) is 23.7 Å². The van der Waals surface area contributed by atoms with Crippen LogP contribution in [0.15, 0.2) is 64.1 Å². The second-order valence-electron chi connectivity index (χ2n) is 5.71. The normalized spacial score (nSPS) is 11.3. The van der Waals surface area contributed by atoms with Gasteiger partial charge in [-0.25, -0.2) is 5.01 Å². The van der Waals surface area contributed by atoms with Gasteiger partial charge < -0.3 is 0 Å². The first-order chi connectivity index (χ1) is 13.2. The molecule has 0 radical (unpaired) electrons. The van der Waals surface area contributed by atoms with E-state index >= 15 is 0 Å². The minimum absolute atomic E-state index is 0.0455. The number of aromatic nitrogens is 2. The van der Waals surface area contributed by atoms with Gasteiger partial charge in [0.2, 0.25) is 6.41 Å². The topological polar surface area (TPSA) is 50.2 Å². The summed E-state index contributed by atoms with van der Waals surface area (Å²) in [6, 6.07) is 12.8. The number of hydrazine groups is 1. The molecule has 1 aromatic heterocycles. The minimum Gasteiger partial charge on any atom is -0.292 e. The second kappa shape index (κ2) is 8.27. The lowest BCUT2D eigenvalue weighted by Gasteiger charge is -2.20. The Balaban J connectivity index is 1.79. The summed E-state index contributed by atoms with van der Waals surface area (Å²) in [4.78, 5) is 11.5. The van der Waals surface area contributed by atoms with Gasteiger partial charge in [0.15, 0.2) is 0 Å². The first kappa shape index (κ1) is 20.3. The van der Waals surface area contributed by atoms with Crippen molar-refractivity contribution in [2.45, 2.75) is 10.4 Å². The van der Waals surface area contributed by atoms with Crippen LogP contribution >= 0.6 is 27.7 Å². The highest BCUT2D eigenvalue weighted by atomic mass is 79.9. The van der Waals surface area contributed by atoms with Crippen molar-refractivity contribution in [3.05, 3.63) is 59.2 Å². The van der Waals surface area contributed by atoms with Crippen molar-refractivity contribution in [1.29, 1.82) is 0 Å². The molecular weight excluding hydrogens is 457 g/mol. The number of anilines is 2. The zero-order valence-corrected chi connectivity index (χ0v) is 16.8. The summed E-state index contributed by atoms with van der Waals surface area (Å²) in [5.74, 6) is 0. The van der Waals surface area contributed by atoms with E-state index in [2.05, 4.69) is 26.5 Å². The average molecular weight is 471 g/mol. The fraction of sp³-hybridized carbons (Fsp3) is 0.111. The van der Waals surface area contributed by atoms with Crippen molar-refractivity contribution in [3.63, 3.8) is 0 Å². The molecule has 2 aromatic carbocycles. The van der Waals surface area contributed by atoms with Gasteiger partial charge in [0.05, 0.1) is 15.8 Å². The molecule has 0 spiro atoms. The zero-order valence-electron chi connectivity index (χ0n) is 14.4. The average Bonchev–Trinajstić information content (AvgIpc) is 2.98. The molecule has 0 saturated heterocycles. The van der Waals surface area contributed by atoms with Crippen molar-refractivity contribution >= 4 is 45.5 Å². The molecule has 0 atom stereocenters. The lowest BCUT2D eigenvalue weighted by atomic mass is 10.1. The molecule has 1 N–H and O–H groups in total. The summed E-state index contributed by atoms with van der Waals surface area (Å²) in [5.41, 5.74) is 1.19. The quantitative estimate of drug-likeness (QED) is 0.295. The van der Waals surface area contributed by atoms with Gasteiger partial charge >= 0.3 is 5.51 Å². The maximum atomic E-state index is 12.4. The van der Waals surface area contributed by atoms with E-state index in [-0.39, 0.29) is 16.7 Å². The van der Waals surface area contributed by atoms with Crippen LogP contribution in [0.1, 0.15) is 0 Å². The van der Waals surface area contributed by atoms with Crippen LogP contribution in [0.3, 0.4) is 0 Å². The predicted molar refractivity (Wildman–Crippen MR) is 107 cm³/mol. The molecule has 0 bridgehead atoms. The van der Waals surface area contributed by atoms with E-state index in [0.29, 0.717) is 17.8 Å². The number of carbonyl (C=O) groups is 1. The number of benzene rings is 2. The molecule has 5 nitrogen and oxygen atoms in total. The van der Waals surface area contributed by atoms with Gasteiger partial charge in [-0.3, -0.25) is 14.9 Å². The Morgan fingerprint density at radius 3 is 2.50 bits per heavy atom. The van der Waals surface area contributed by atoms with Crippen LogP contribution in [0.25, 0.3) is 11.3 Å². The van der Waals surface area contributed by atoms with Crippen molar-refractivity contribution in [2.24, 2.45) is 7.05 Å². The molecule has 0 unspecified atom stereocenters. The maximum Gasteiger partial charge on any atom is 0.446 e. The number of aryl methyl sites for hydroxylation is 1. The van der Waals surface area contributed by atoms with Crippen LogP contribution in [0.4, 0.5) is 24.5 Å². The van der Waals surface area contributed by atoms with Gasteiger partial charge in [-0.2, -0.15) is 18.3 Å². The highest BCUT2D eigenvalue weighted by molar-refractivity contribution is 9.10. The van der Waals surface area contributed by atoms with E-state index in [0.717, 1.165) is 15.7 Å². The summed E-state index contributed by atoms with van der Waals surface area (Å²) in [6.07, 6.45) is 2.38. The number of hydrogen-bond donors (Lipinski definition) is 1. The van der Waals surface area contributed by atoms with Crippen molar-refractivity contribution < 1.29 is 18.0 Å². The Bertz CT molecular complexity index is 976. The molecule has 0 aliphatic heterocycles. The van der Waals surface area contributed by atoms with Gasteiger partial charge in [-0.1, -0.05) is 12.1 Å². The second-order valence-corrected chi connectivity index (χ2v) is 7.70. The number of rotatable bonds is 6. The van der Waals surface area contributed by atoms with Gasteiger partial charge in [-0.15, -0.1) is 0 Å². The molecule has 0 aliphatic carbocycles. The molecule has 0 fully saturated rings. The monoisotopic (exact) mass is 470 g/mol. The van der Waals surface area contributed by atoms with Crippen molar-refractivity contribution in [3.8, 4) is 11.3 Å². The van der Waals surface area contributed by atoms with E-state index in [1.807, 2.05) is 31.4 Å². The van der Waals surface area contributed by atoms with E-state index < -0.39 is 5.51 Å². The fourth-order valence-electron chi connectivity index (χ4n) is 2.49. The molecular formula is C18H14BrF3N4OS. The fourth-order valence-corrected chi connectivity index (χ4v) is 3.63. The molecule has 0 aliphatic rings. The number of halogens is 4. The molecule has 1 heterocycles. The Morgan fingerprint density at radius 2 is 1.93 bits per heavy atom. The van der Waals surface area contributed by atoms with Crippen LogP contribution in [0.5, 0.6) is 0 Å². The maximum absolute atomic E-state index is 12.4. The minimum atomic E-state index is -4.36. The Labute approximate surface area is 171 Å². The lowest BCUT2D eigenvalue weighted by molar-refractivity contribution is -0.107. The summed E-state index contributed by atoms with van der Waals surface area (Å²) in [6.45, 7) is 0. The van der Waals surface area contributed by atoms with Gasteiger partial charge in [0.25, 0.3) is 0 Å². The van der Waals surface area contributed by atoms with Crippen LogP contribution in [-0.2, 0) is 11.8 Å². The number of alkyl halides is 3. The molecule has 10 heteroatoms. The largest absolute Gasteiger partial charge is 0.446 e. The Morgan fingerprint density at radius 1 is 1.21 bits per heavy atom. The third-order valence-corrected chi connectivity index (χ3v) is 4.94. The van der Waals surface area contributed by atoms with E-state index in [1.165, 1.54) is 29.3 Å². The molecule has 3 aromatic rings. The number of nitrogens with one attached hydrogen (secondary N) is 1. The van der Waals surface area contributed by atoms with Crippen LogP contribution in [0, 0.1) is 0 Å². The van der Waals surface area contributed by atoms with Crippen LogP contribution in [-0.4, -0.2) is 21.7 Å². The van der Waals surface area contributed by atoms with Crippen LogP contribution < -0.4 is 10.4 Å². The molecule has 3 rings (SSSR count). The van der Waals surface area contributed by atoms with Gasteiger partial charge in [-0.05, 0) is 64.1 Å². The standard InChI is InChI=1S/C18H14BrF3N4OS/c1-25-10-16(19)17(24-25)12-3-2-4-13(9-12)23-26(11-27)14-5-7-15(8-6-14)28-18(20,21)22/h2-11,23H,1H3. The molecule has 1 amide bonds. The third-order valence-electron chi connectivity index (χ3n) is 3.62. The van der Waals surface area contributed by atoms with E-state index in [9.17, 15) is 18.0 Å². The zero-order chi connectivity index (χ0) is 20.3. The Hall–Kier alpha value is -2.46. The molecule has 146 valence electrons. The Kier molecular flexibility index (Phi) is 5.99. The van der Waals surface area contributed by atoms with Crippen LogP contribution in [0.2, 0.25) is 0 Å². The SMILES string of the molecule is Cn1cc(Br)c(-c2cccc(NN(C=O)c3ccc(SC(F)(F)F)cc3)c2)n1. The molecule has 28 heavy (non-hydrogen) atoms. The number of hydrogen-bond acceptors (Lipinski definition) is 4. The predicted octanol–water partition coefficient (Wildman–Crippen LogP) is 5.45. The summed E-state index contributed by atoms with van der Waals surface area (Å²) in [7, 11) is 1.81. The lowest BCUT2D eigenvalue weighted by Crippen LogP contribution is -2.27. The number of carbonyl (C=O) groups excluding carboxylic acids is 1. The number of nitrogens with zero attached hydrogens (tertiary/aromatic N) is 3. The van der Waals surface area contributed by atoms with Crippen molar-refractivity contribution in [1.82, 2.24) is 9.78 Å². The highest BCUT2D eigenvalue weighted by Gasteiger charge is 2.29. The number of amides is 1. The first-order valence-corrected chi connectivity index (χ1v) is 9.53. The third kappa shape index (κ3) is 5.08. The summed E-state index contributed by atoms with van der Waals surface area (Å²) >= 11 is 3.25. The molecule has 0 saturated carbocycles. The number of thioether (sulfide) groups is 1. The van der Waals surface area contributed by atoms with Crippen molar-refractivity contribution in [2.75, 3.05) is 10.4 Å².